The summed E-state index contributed by atoms with van der Waals surface area (Å²) in [6.45, 7) is 4.35. The topological polar surface area (TPSA) is 59.3 Å². The zero-order valence-electron chi connectivity index (χ0n) is 14.9. The first-order chi connectivity index (χ1) is 13.5. The Morgan fingerprint density at radius 2 is 2.14 bits per heavy atom. The maximum Gasteiger partial charge on any atom is 0.321 e. The first kappa shape index (κ1) is 19.0. The predicted molar refractivity (Wildman–Crippen MR) is 116 cm³/mol. The average molecular weight is 428 g/mol. The molecule has 0 saturated heterocycles. The summed E-state index contributed by atoms with van der Waals surface area (Å²) in [6, 6.07) is 5.43. The van der Waals surface area contributed by atoms with E-state index in [1.54, 1.807) is 23.6 Å². The van der Waals surface area contributed by atoms with Crippen molar-refractivity contribution in [3.63, 3.8) is 0 Å². The molecule has 3 aromatic rings. The van der Waals surface area contributed by atoms with Crippen LogP contribution in [0.4, 0.5) is 0 Å². The highest BCUT2D eigenvalue weighted by Crippen LogP contribution is 2.41. The predicted octanol–water partition coefficient (Wildman–Crippen LogP) is 4.71. The molecule has 0 amide bonds. The van der Waals surface area contributed by atoms with E-state index < -0.39 is 11.4 Å². The van der Waals surface area contributed by atoms with Gasteiger partial charge >= 0.3 is 5.97 Å². The number of rotatable bonds is 7. The largest absolute Gasteiger partial charge is 0.480 e. The summed E-state index contributed by atoms with van der Waals surface area (Å²) in [5.41, 5.74) is 1.76. The molecule has 1 N–H and O–H groups in total. The highest BCUT2D eigenvalue weighted by Gasteiger charge is 2.50. The second-order valence-electron chi connectivity index (χ2n) is 6.75. The van der Waals surface area contributed by atoms with E-state index >= 15 is 0 Å². The smallest absolute Gasteiger partial charge is 0.321 e. The van der Waals surface area contributed by atoms with Gasteiger partial charge in [-0.3, -0.25) is 9.59 Å². The van der Waals surface area contributed by atoms with E-state index in [4.69, 9.17) is 12.2 Å². The second-order valence-corrected chi connectivity index (χ2v) is 8.85. The van der Waals surface area contributed by atoms with Crippen molar-refractivity contribution in [1.29, 1.82) is 0 Å². The highest BCUT2D eigenvalue weighted by atomic mass is 32.1. The molecule has 0 aliphatic carbocycles. The van der Waals surface area contributed by atoms with E-state index in [-0.39, 0.29) is 5.78 Å². The van der Waals surface area contributed by atoms with Crippen LogP contribution in [0.1, 0.15) is 38.5 Å². The van der Waals surface area contributed by atoms with E-state index in [0.29, 0.717) is 45.9 Å². The number of allylic oxidation sites excluding steroid dienone is 1. The molecule has 4 rings (SSSR count). The SMILES string of the molecule is C=CCc1cc2n(c1)CCC2(C(=O)O)C(=S)c1csc(C(=O)c2ccsc2)c1. The van der Waals surface area contributed by atoms with E-state index in [1.165, 1.54) is 22.7 Å². The number of carbonyl (C=O) groups excluding carboxylic acids is 1. The number of hydrogen-bond acceptors (Lipinski definition) is 5. The van der Waals surface area contributed by atoms with Crippen LogP contribution in [0, 0.1) is 0 Å². The van der Waals surface area contributed by atoms with Crippen LogP contribution in [0.2, 0.25) is 0 Å². The summed E-state index contributed by atoms with van der Waals surface area (Å²) in [5, 5.41) is 15.6. The summed E-state index contributed by atoms with van der Waals surface area (Å²) < 4.78 is 1.98. The van der Waals surface area contributed by atoms with Crippen LogP contribution in [-0.4, -0.2) is 26.3 Å². The van der Waals surface area contributed by atoms with Crippen LogP contribution >= 0.6 is 34.9 Å². The highest BCUT2D eigenvalue weighted by molar-refractivity contribution is 7.81. The third-order valence-electron chi connectivity index (χ3n) is 5.12. The Morgan fingerprint density at radius 3 is 2.82 bits per heavy atom. The maximum atomic E-state index is 12.6. The van der Waals surface area contributed by atoms with Gasteiger partial charge in [0.1, 0.15) is 5.41 Å². The van der Waals surface area contributed by atoms with Crippen molar-refractivity contribution in [3.05, 3.63) is 80.5 Å². The molecule has 4 nitrogen and oxygen atoms in total. The summed E-state index contributed by atoms with van der Waals surface area (Å²) in [7, 11) is 0. The normalized spacial score (nSPS) is 18.0. The van der Waals surface area contributed by atoms with Gasteiger partial charge in [-0.15, -0.1) is 17.9 Å². The number of aromatic nitrogens is 1. The van der Waals surface area contributed by atoms with E-state index in [9.17, 15) is 14.7 Å². The number of ketones is 1. The number of thiophene rings is 2. The maximum absolute atomic E-state index is 12.6. The number of carbonyl (C=O) groups is 2. The lowest BCUT2D eigenvalue weighted by atomic mass is 9.77. The van der Waals surface area contributed by atoms with Crippen molar-refractivity contribution >= 4 is 51.5 Å². The van der Waals surface area contributed by atoms with Gasteiger partial charge in [-0.2, -0.15) is 11.3 Å². The molecule has 7 heteroatoms. The lowest BCUT2D eigenvalue weighted by Crippen LogP contribution is -2.41. The zero-order valence-corrected chi connectivity index (χ0v) is 17.3. The minimum absolute atomic E-state index is 0.0623. The zero-order chi connectivity index (χ0) is 19.9. The van der Waals surface area contributed by atoms with E-state index in [1.807, 2.05) is 27.6 Å². The molecule has 1 atom stereocenters. The molecule has 0 bridgehead atoms. The lowest BCUT2D eigenvalue weighted by Gasteiger charge is -2.24. The molecule has 4 heterocycles. The number of thiocarbonyl (C=S) groups is 1. The molecule has 3 aromatic heterocycles. The molecule has 1 aliphatic rings. The Kier molecular flexibility index (Phi) is 4.91. The lowest BCUT2D eigenvalue weighted by molar-refractivity contribution is -0.140. The van der Waals surface area contributed by atoms with Gasteiger partial charge in [-0.1, -0.05) is 18.3 Å². The molecular formula is C21H17NO3S3. The van der Waals surface area contributed by atoms with Crippen LogP contribution in [0.5, 0.6) is 0 Å². The second kappa shape index (κ2) is 7.24. The van der Waals surface area contributed by atoms with Crippen molar-refractivity contribution in [2.24, 2.45) is 0 Å². The van der Waals surface area contributed by atoms with Crippen molar-refractivity contribution in [2.75, 3.05) is 0 Å². The first-order valence-corrected chi connectivity index (χ1v) is 10.9. The van der Waals surface area contributed by atoms with Gasteiger partial charge in [0.05, 0.1) is 4.88 Å². The molecule has 0 fully saturated rings. The third-order valence-corrected chi connectivity index (χ3v) is 7.32. The molecular weight excluding hydrogens is 410 g/mol. The van der Waals surface area contributed by atoms with Gasteiger partial charge in [-0.25, -0.2) is 0 Å². The number of fused-ring (bicyclic) bond motifs is 1. The first-order valence-electron chi connectivity index (χ1n) is 8.71. The monoisotopic (exact) mass is 427 g/mol. The fraction of sp³-hybridized carbons (Fsp3) is 0.190. The van der Waals surface area contributed by atoms with Crippen LogP contribution < -0.4 is 0 Å². The average Bonchev–Trinajstić information content (AvgIpc) is 3.43. The Labute approximate surface area is 175 Å². The number of carboxylic acid groups (broad SMARTS) is 1. The molecule has 0 spiro atoms. The van der Waals surface area contributed by atoms with Gasteiger partial charge in [0.2, 0.25) is 5.78 Å². The van der Waals surface area contributed by atoms with Crippen molar-refractivity contribution in [1.82, 2.24) is 4.57 Å². The molecule has 0 saturated carbocycles. The van der Waals surface area contributed by atoms with Gasteiger partial charge in [0, 0.05) is 39.8 Å². The Bertz CT molecular complexity index is 1090. The van der Waals surface area contributed by atoms with Crippen molar-refractivity contribution < 1.29 is 14.7 Å². The minimum atomic E-state index is -1.25. The number of nitrogens with zero attached hydrogens (tertiary/aromatic N) is 1. The van der Waals surface area contributed by atoms with Crippen LogP contribution in [-0.2, 0) is 23.2 Å². The number of carboxylic acids is 1. The van der Waals surface area contributed by atoms with Gasteiger partial charge in [-0.05, 0) is 47.4 Å². The van der Waals surface area contributed by atoms with Crippen LogP contribution in [0.25, 0.3) is 0 Å². The number of hydrogen-bond donors (Lipinski definition) is 1. The van der Waals surface area contributed by atoms with Gasteiger partial charge in [0.25, 0.3) is 0 Å². The molecule has 28 heavy (non-hydrogen) atoms. The van der Waals surface area contributed by atoms with E-state index in [2.05, 4.69) is 6.58 Å². The Morgan fingerprint density at radius 1 is 1.32 bits per heavy atom. The third kappa shape index (κ3) is 2.90. The summed E-state index contributed by atoms with van der Waals surface area (Å²) >= 11 is 8.47. The Hall–Kier alpha value is -2.35. The molecule has 0 aromatic carbocycles. The minimum Gasteiger partial charge on any atom is -0.480 e. The van der Waals surface area contributed by atoms with Crippen LogP contribution in [0.3, 0.4) is 0 Å². The standard InChI is InChI=1S/C21H17NO3S3/c1-2-3-13-8-17-21(20(24)25,5-6-22(17)10-13)19(26)15-9-16(28-12-15)18(23)14-4-7-27-11-14/h2,4,7-12H,1,3,5-6H2,(H,24,25). The van der Waals surface area contributed by atoms with Gasteiger partial charge < -0.3 is 9.67 Å². The van der Waals surface area contributed by atoms with Gasteiger partial charge in [0.15, 0.2) is 0 Å². The van der Waals surface area contributed by atoms with Crippen molar-refractivity contribution in [3.8, 4) is 0 Å². The quantitative estimate of drug-likeness (QED) is 0.337. The molecule has 1 unspecified atom stereocenters. The van der Waals surface area contributed by atoms with Crippen LogP contribution in [0.15, 0.2) is 53.2 Å². The summed E-state index contributed by atoms with van der Waals surface area (Å²) in [4.78, 5) is 25.9. The molecule has 0 radical (unpaired) electrons. The Balaban J connectivity index is 1.71. The fourth-order valence-electron chi connectivity index (χ4n) is 3.71. The molecule has 142 valence electrons. The van der Waals surface area contributed by atoms with E-state index in [0.717, 1.165) is 5.56 Å². The number of aliphatic carboxylic acids is 1. The number of aryl methyl sites for hydroxylation is 1. The summed E-state index contributed by atoms with van der Waals surface area (Å²) in [6.07, 6.45) is 4.87. The fourth-order valence-corrected chi connectivity index (χ4v) is 5.70. The molecule has 1 aliphatic heterocycles. The van der Waals surface area contributed by atoms with Crippen molar-refractivity contribution in [2.45, 2.75) is 24.8 Å². The summed E-state index contributed by atoms with van der Waals surface area (Å²) in [5.74, 6) is -1.01.